The second-order valence-electron chi connectivity index (χ2n) is 4.67. The summed E-state index contributed by atoms with van der Waals surface area (Å²) < 4.78 is 10.0. The molecule has 0 saturated heterocycles. The van der Waals surface area contributed by atoms with E-state index in [1.165, 1.54) is 7.11 Å². The third-order valence-corrected chi connectivity index (χ3v) is 3.31. The Kier molecular flexibility index (Phi) is 3.87. The number of methoxy groups -OCH3 is 1. The maximum Gasteiger partial charge on any atom is 0.305 e. The van der Waals surface area contributed by atoms with Crippen molar-refractivity contribution < 1.29 is 19.4 Å². The van der Waals surface area contributed by atoms with Crippen molar-refractivity contribution in [1.29, 1.82) is 0 Å². The van der Waals surface area contributed by atoms with Gasteiger partial charge in [0.25, 0.3) is 0 Å². The molecular formula is C14H18O4. The number of aliphatic hydroxyl groups excluding tert-OH is 1. The molecule has 1 aliphatic rings. The van der Waals surface area contributed by atoms with Crippen LogP contribution in [0.2, 0.25) is 0 Å². The van der Waals surface area contributed by atoms with Gasteiger partial charge in [0.05, 0.1) is 26.2 Å². The molecular weight excluding hydrogens is 232 g/mol. The summed E-state index contributed by atoms with van der Waals surface area (Å²) in [4.78, 5) is 11.2. The van der Waals surface area contributed by atoms with Crippen molar-refractivity contribution in [2.75, 3.05) is 13.7 Å². The number of rotatable bonds is 4. The fourth-order valence-electron chi connectivity index (χ4n) is 2.18. The second kappa shape index (κ2) is 5.40. The minimum atomic E-state index is -0.657. The molecule has 0 radical (unpaired) electrons. The molecule has 1 heterocycles. The first-order valence-corrected chi connectivity index (χ1v) is 6.12. The van der Waals surface area contributed by atoms with E-state index in [4.69, 9.17) is 4.74 Å². The van der Waals surface area contributed by atoms with E-state index in [0.29, 0.717) is 6.61 Å². The fraction of sp³-hybridized carbons (Fsp3) is 0.500. The highest BCUT2D eigenvalue weighted by molar-refractivity contribution is 5.69. The van der Waals surface area contributed by atoms with E-state index in [9.17, 15) is 9.90 Å². The lowest BCUT2D eigenvalue weighted by molar-refractivity contribution is -0.142. The zero-order valence-electron chi connectivity index (χ0n) is 10.7. The summed E-state index contributed by atoms with van der Waals surface area (Å²) in [5.41, 5.74) is 1.95. The Balaban J connectivity index is 2.08. The van der Waals surface area contributed by atoms with Crippen LogP contribution in [0.25, 0.3) is 0 Å². The van der Waals surface area contributed by atoms with Gasteiger partial charge in [0.1, 0.15) is 5.75 Å². The van der Waals surface area contributed by atoms with Crippen LogP contribution in [-0.4, -0.2) is 24.8 Å². The monoisotopic (exact) mass is 250 g/mol. The van der Waals surface area contributed by atoms with Gasteiger partial charge in [0.15, 0.2) is 0 Å². The number of fused-ring (bicyclic) bond motifs is 1. The summed E-state index contributed by atoms with van der Waals surface area (Å²) in [6.07, 6.45) is 0.432. The average molecular weight is 250 g/mol. The molecule has 2 atom stereocenters. The van der Waals surface area contributed by atoms with Gasteiger partial charge in [-0.05, 0) is 29.2 Å². The lowest BCUT2D eigenvalue weighted by atomic mass is 9.93. The Labute approximate surface area is 107 Å². The molecule has 0 fully saturated rings. The van der Waals surface area contributed by atoms with Crippen LogP contribution in [0.5, 0.6) is 5.75 Å². The molecule has 18 heavy (non-hydrogen) atoms. The summed E-state index contributed by atoms with van der Waals surface area (Å²) in [6, 6.07) is 5.69. The molecule has 0 aliphatic carbocycles. The summed E-state index contributed by atoms with van der Waals surface area (Å²) in [6.45, 7) is 2.54. The van der Waals surface area contributed by atoms with Gasteiger partial charge in [-0.25, -0.2) is 0 Å². The first kappa shape index (κ1) is 12.9. The zero-order chi connectivity index (χ0) is 13.1. The number of aliphatic hydroxyl groups is 1. The average Bonchev–Trinajstić information content (AvgIpc) is 2.84. The Morgan fingerprint density at radius 2 is 2.33 bits per heavy atom. The van der Waals surface area contributed by atoms with E-state index in [2.05, 4.69) is 4.74 Å². The van der Waals surface area contributed by atoms with Gasteiger partial charge in [-0.15, -0.1) is 0 Å². The number of carbonyl (C=O) groups excluding carboxylic acids is 1. The molecule has 2 unspecified atom stereocenters. The molecule has 2 rings (SSSR count). The highest BCUT2D eigenvalue weighted by Crippen LogP contribution is 2.31. The molecule has 1 N–H and O–H groups in total. The number of hydrogen-bond donors (Lipinski definition) is 1. The van der Waals surface area contributed by atoms with Crippen LogP contribution in [0.3, 0.4) is 0 Å². The molecule has 4 nitrogen and oxygen atoms in total. The van der Waals surface area contributed by atoms with Crippen LogP contribution < -0.4 is 4.74 Å². The third-order valence-electron chi connectivity index (χ3n) is 3.31. The summed E-state index contributed by atoms with van der Waals surface area (Å²) in [7, 11) is 1.36. The number of carbonyl (C=O) groups is 1. The van der Waals surface area contributed by atoms with Gasteiger partial charge < -0.3 is 14.6 Å². The lowest BCUT2D eigenvalue weighted by Crippen LogP contribution is -2.15. The minimum absolute atomic E-state index is 0.169. The highest BCUT2D eigenvalue weighted by Gasteiger charge is 2.22. The van der Waals surface area contributed by atoms with Gasteiger partial charge >= 0.3 is 5.97 Å². The van der Waals surface area contributed by atoms with Crippen molar-refractivity contribution in [2.45, 2.75) is 25.9 Å². The van der Waals surface area contributed by atoms with E-state index < -0.39 is 6.10 Å². The first-order chi connectivity index (χ1) is 8.61. The maximum atomic E-state index is 11.2. The van der Waals surface area contributed by atoms with Crippen LogP contribution >= 0.6 is 0 Å². The van der Waals surface area contributed by atoms with Crippen molar-refractivity contribution in [3.05, 3.63) is 29.3 Å². The standard InChI is InChI=1S/C14H18O4/c1-9(7-13(15)17-2)14(16)11-3-4-12-10(8-11)5-6-18-12/h3-4,8-9,14,16H,5-7H2,1-2H3. The first-order valence-electron chi connectivity index (χ1n) is 6.12. The number of ether oxygens (including phenoxy) is 2. The van der Waals surface area contributed by atoms with Gasteiger partial charge in [0.2, 0.25) is 0 Å². The van der Waals surface area contributed by atoms with E-state index >= 15 is 0 Å². The van der Waals surface area contributed by atoms with Gasteiger partial charge in [0, 0.05) is 6.42 Å². The van der Waals surface area contributed by atoms with Crippen molar-refractivity contribution >= 4 is 5.97 Å². The molecule has 1 aliphatic heterocycles. The summed E-state index contributed by atoms with van der Waals surface area (Å²) in [5.74, 6) is 0.426. The SMILES string of the molecule is COC(=O)CC(C)C(O)c1ccc2c(c1)CCO2. The van der Waals surface area contributed by atoms with Crippen LogP contribution in [0.4, 0.5) is 0 Å². The number of esters is 1. The third kappa shape index (κ3) is 2.64. The van der Waals surface area contributed by atoms with Crippen molar-refractivity contribution in [2.24, 2.45) is 5.92 Å². The summed E-state index contributed by atoms with van der Waals surface area (Å²) in [5, 5.41) is 10.2. The van der Waals surface area contributed by atoms with Crippen LogP contribution in [0.15, 0.2) is 18.2 Å². The molecule has 0 amide bonds. The summed E-state index contributed by atoms with van der Waals surface area (Å²) >= 11 is 0. The van der Waals surface area contributed by atoms with Gasteiger partial charge in [-0.2, -0.15) is 0 Å². The van der Waals surface area contributed by atoms with Gasteiger partial charge in [-0.3, -0.25) is 4.79 Å². The molecule has 98 valence electrons. The van der Waals surface area contributed by atoms with Crippen molar-refractivity contribution in [1.82, 2.24) is 0 Å². The van der Waals surface area contributed by atoms with Crippen LogP contribution in [-0.2, 0) is 16.0 Å². The van der Waals surface area contributed by atoms with E-state index in [1.807, 2.05) is 25.1 Å². The molecule has 0 bridgehead atoms. The Morgan fingerprint density at radius 3 is 3.06 bits per heavy atom. The Hall–Kier alpha value is -1.55. The molecule has 1 aromatic rings. The minimum Gasteiger partial charge on any atom is -0.493 e. The van der Waals surface area contributed by atoms with Crippen molar-refractivity contribution in [3.8, 4) is 5.75 Å². The molecule has 0 aromatic heterocycles. The van der Waals surface area contributed by atoms with Crippen LogP contribution in [0.1, 0.15) is 30.6 Å². The second-order valence-corrected chi connectivity index (χ2v) is 4.67. The predicted molar refractivity (Wildman–Crippen MR) is 66.4 cm³/mol. The Morgan fingerprint density at radius 1 is 1.56 bits per heavy atom. The maximum absolute atomic E-state index is 11.2. The predicted octanol–water partition coefficient (Wildman–Crippen LogP) is 1.85. The van der Waals surface area contributed by atoms with E-state index in [1.54, 1.807) is 0 Å². The molecule has 1 aromatic carbocycles. The van der Waals surface area contributed by atoms with E-state index in [0.717, 1.165) is 23.3 Å². The topological polar surface area (TPSA) is 55.8 Å². The number of benzene rings is 1. The molecule has 0 saturated carbocycles. The Bertz CT molecular complexity index is 441. The largest absolute Gasteiger partial charge is 0.493 e. The lowest BCUT2D eigenvalue weighted by Gasteiger charge is -2.18. The normalized spacial score (nSPS) is 16.6. The van der Waals surface area contributed by atoms with Crippen LogP contribution in [0, 0.1) is 5.92 Å². The molecule has 0 spiro atoms. The number of hydrogen-bond acceptors (Lipinski definition) is 4. The zero-order valence-corrected chi connectivity index (χ0v) is 10.7. The van der Waals surface area contributed by atoms with E-state index in [-0.39, 0.29) is 18.3 Å². The highest BCUT2D eigenvalue weighted by atomic mass is 16.5. The fourth-order valence-corrected chi connectivity index (χ4v) is 2.18. The van der Waals surface area contributed by atoms with Gasteiger partial charge in [-0.1, -0.05) is 13.0 Å². The quantitative estimate of drug-likeness (QED) is 0.829. The van der Waals surface area contributed by atoms with Crippen molar-refractivity contribution in [3.63, 3.8) is 0 Å². The smallest absolute Gasteiger partial charge is 0.305 e. The molecule has 4 heteroatoms.